The van der Waals surface area contributed by atoms with E-state index in [-0.39, 0.29) is 29.5 Å². The Balaban J connectivity index is 1.71. The maximum absolute atomic E-state index is 12.6. The average Bonchev–Trinajstić information content (AvgIpc) is 3.15. The lowest BCUT2D eigenvalue weighted by atomic mass is 10.1. The zero-order valence-electron chi connectivity index (χ0n) is 16.6. The quantitative estimate of drug-likeness (QED) is 0.353. The highest BCUT2D eigenvalue weighted by molar-refractivity contribution is 9.10. The second-order valence-electron chi connectivity index (χ2n) is 6.59. The number of halogens is 1. The molecule has 3 aromatic rings. The number of carboxylic acids is 1. The summed E-state index contributed by atoms with van der Waals surface area (Å²) < 4.78 is 4.05. The van der Waals surface area contributed by atoms with Gasteiger partial charge in [-0.05, 0) is 76.4 Å². The van der Waals surface area contributed by atoms with Crippen molar-refractivity contribution in [3.8, 4) is 5.75 Å². The van der Waals surface area contributed by atoms with Gasteiger partial charge in [-0.25, -0.2) is 4.79 Å². The van der Waals surface area contributed by atoms with Crippen LogP contribution in [0.2, 0.25) is 0 Å². The Morgan fingerprint density at radius 1 is 1.16 bits per heavy atom. The van der Waals surface area contributed by atoms with Gasteiger partial charge < -0.3 is 20.8 Å². The van der Waals surface area contributed by atoms with E-state index in [1.807, 2.05) is 0 Å². The molecular weight excluding hydrogens is 500 g/mol. The number of rotatable bonds is 7. The Morgan fingerprint density at radius 2 is 1.94 bits per heavy atom. The number of amides is 2. The van der Waals surface area contributed by atoms with Crippen LogP contribution in [0.3, 0.4) is 0 Å². The third-order valence-electron chi connectivity index (χ3n) is 4.28. The van der Waals surface area contributed by atoms with Gasteiger partial charge in [0.15, 0.2) is 0 Å². The smallest absolute Gasteiger partial charge is 0.352 e. The molecule has 0 bridgehead atoms. The number of phenols is 1. The number of nitrogens with one attached hydrogen (secondary N) is 2. The Kier molecular flexibility index (Phi) is 7.33. The van der Waals surface area contributed by atoms with E-state index >= 15 is 0 Å². The molecule has 2 amide bonds. The molecule has 0 radical (unpaired) electrons. The van der Waals surface area contributed by atoms with Gasteiger partial charge in [-0.2, -0.15) is 0 Å². The highest BCUT2D eigenvalue weighted by atomic mass is 79.9. The van der Waals surface area contributed by atoms with Crippen molar-refractivity contribution in [3.05, 3.63) is 79.9 Å². The van der Waals surface area contributed by atoms with Crippen LogP contribution in [0, 0.1) is 6.92 Å². The number of benzene rings is 2. The molecule has 0 spiro atoms. The van der Waals surface area contributed by atoms with Gasteiger partial charge in [0.05, 0.1) is 16.1 Å². The minimum Gasteiger partial charge on any atom is -0.508 e. The number of aryl methyl sites for hydroxylation is 1. The average molecular weight is 517 g/mol. The zero-order valence-corrected chi connectivity index (χ0v) is 19.0. The largest absolute Gasteiger partial charge is 0.508 e. The Morgan fingerprint density at radius 3 is 2.56 bits per heavy atom. The van der Waals surface area contributed by atoms with Crippen molar-refractivity contribution >= 4 is 51.3 Å². The standard InChI is InChI=1S/C21H17BrN4O5S/c1-11-18(32-26-25-11)9-17(21(30)31)24-20(29)15-6-5-13(8-16(15)22)19(28)23-10-12-3-2-4-14(27)7-12/h2-9,27H,10H2,1H3,(H,23,28)(H,24,29)(H,30,31)/b17-9-. The summed E-state index contributed by atoms with van der Waals surface area (Å²) in [6.45, 7) is 1.89. The number of hydrogen-bond donors (Lipinski definition) is 4. The van der Waals surface area contributed by atoms with Crippen molar-refractivity contribution in [3.63, 3.8) is 0 Å². The lowest BCUT2D eigenvalue weighted by Gasteiger charge is -2.10. The lowest BCUT2D eigenvalue weighted by Crippen LogP contribution is -2.28. The number of carbonyl (C=O) groups excluding carboxylic acids is 2. The molecule has 0 atom stereocenters. The van der Waals surface area contributed by atoms with Gasteiger partial charge in [0.2, 0.25) is 0 Å². The van der Waals surface area contributed by atoms with Gasteiger partial charge in [-0.3, -0.25) is 9.59 Å². The number of hydrogen-bond acceptors (Lipinski definition) is 7. The Hall–Kier alpha value is -3.57. The third kappa shape index (κ3) is 5.77. The van der Waals surface area contributed by atoms with Crippen molar-refractivity contribution in [2.75, 3.05) is 0 Å². The van der Waals surface area contributed by atoms with Crippen molar-refractivity contribution in [2.45, 2.75) is 13.5 Å². The fourth-order valence-corrected chi connectivity index (χ4v) is 3.79. The second-order valence-corrected chi connectivity index (χ2v) is 8.23. The van der Waals surface area contributed by atoms with E-state index in [1.165, 1.54) is 30.3 Å². The molecule has 0 aliphatic rings. The Bertz CT molecular complexity index is 1220. The van der Waals surface area contributed by atoms with Crippen LogP contribution in [0.4, 0.5) is 0 Å². The highest BCUT2D eigenvalue weighted by Gasteiger charge is 2.18. The SMILES string of the molecule is Cc1nnsc1/C=C(\NC(=O)c1ccc(C(=O)NCc2cccc(O)c2)cc1Br)C(=O)O. The maximum atomic E-state index is 12.6. The van der Waals surface area contributed by atoms with Crippen LogP contribution in [0.5, 0.6) is 5.75 Å². The van der Waals surface area contributed by atoms with Gasteiger partial charge in [0.1, 0.15) is 11.4 Å². The fraction of sp³-hybridized carbons (Fsp3) is 0.0952. The van der Waals surface area contributed by atoms with Crippen LogP contribution in [0.15, 0.2) is 52.6 Å². The summed E-state index contributed by atoms with van der Waals surface area (Å²) in [5.41, 5.74) is 1.40. The maximum Gasteiger partial charge on any atom is 0.352 e. The minimum absolute atomic E-state index is 0.103. The highest BCUT2D eigenvalue weighted by Crippen LogP contribution is 2.20. The molecule has 4 N–H and O–H groups in total. The molecule has 164 valence electrons. The van der Waals surface area contributed by atoms with Gasteiger partial charge in [-0.15, -0.1) is 5.10 Å². The minimum atomic E-state index is -1.31. The summed E-state index contributed by atoms with van der Waals surface area (Å²) in [7, 11) is 0. The van der Waals surface area contributed by atoms with Crippen LogP contribution < -0.4 is 10.6 Å². The van der Waals surface area contributed by atoms with Crippen LogP contribution in [0.25, 0.3) is 6.08 Å². The predicted octanol–water partition coefficient (Wildman–Crippen LogP) is 3.10. The third-order valence-corrected chi connectivity index (χ3v) is 5.71. The predicted molar refractivity (Wildman–Crippen MR) is 121 cm³/mol. The molecule has 9 nitrogen and oxygen atoms in total. The number of aromatic hydroxyl groups is 1. The topological polar surface area (TPSA) is 142 Å². The summed E-state index contributed by atoms with van der Waals surface area (Å²) in [5, 5.41) is 27.8. The summed E-state index contributed by atoms with van der Waals surface area (Å²) in [5.74, 6) is -2.25. The van der Waals surface area contributed by atoms with Gasteiger partial charge in [0, 0.05) is 16.6 Å². The first kappa shape index (κ1) is 23.1. The van der Waals surface area contributed by atoms with Crippen molar-refractivity contribution < 1.29 is 24.6 Å². The molecule has 1 heterocycles. The van der Waals surface area contributed by atoms with E-state index in [9.17, 15) is 24.6 Å². The zero-order chi connectivity index (χ0) is 23.3. The first-order valence-electron chi connectivity index (χ1n) is 9.15. The second kappa shape index (κ2) is 10.2. The van der Waals surface area contributed by atoms with E-state index in [1.54, 1.807) is 25.1 Å². The molecule has 0 aliphatic heterocycles. The van der Waals surface area contributed by atoms with E-state index in [0.29, 0.717) is 20.6 Å². The van der Waals surface area contributed by atoms with Gasteiger partial charge >= 0.3 is 5.97 Å². The molecular formula is C21H17BrN4O5S. The number of carboxylic acid groups (broad SMARTS) is 1. The molecule has 11 heteroatoms. The molecule has 32 heavy (non-hydrogen) atoms. The molecule has 2 aromatic carbocycles. The van der Waals surface area contributed by atoms with E-state index < -0.39 is 11.9 Å². The fourth-order valence-electron chi connectivity index (χ4n) is 2.64. The molecule has 3 rings (SSSR count). The number of aromatic nitrogens is 2. The number of nitrogens with zero attached hydrogens (tertiary/aromatic N) is 2. The van der Waals surface area contributed by atoms with E-state index in [4.69, 9.17) is 0 Å². The van der Waals surface area contributed by atoms with Gasteiger partial charge in [-0.1, -0.05) is 16.6 Å². The van der Waals surface area contributed by atoms with Crippen LogP contribution in [0.1, 0.15) is 36.9 Å². The normalized spacial score (nSPS) is 11.1. The number of phenolic OH excluding ortho intramolecular Hbond substituents is 1. The molecule has 0 saturated heterocycles. The van der Waals surface area contributed by atoms with E-state index in [0.717, 1.165) is 17.1 Å². The summed E-state index contributed by atoms with van der Waals surface area (Å²) in [6, 6.07) is 10.9. The lowest BCUT2D eigenvalue weighted by molar-refractivity contribution is -0.132. The number of carbonyl (C=O) groups is 3. The molecule has 1 aromatic heterocycles. The van der Waals surface area contributed by atoms with Crippen molar-refractivity contribution in [2.24, 2.45) is 0 Å². The molecule has 0 saturated carbocycles. The Labute approximate surface area is 195 Å². The molecule has 0 fully saturated rings. The molecule has 0 aliphatic carbocycles. The summed E-state index contributed by atoms with van der Waals surface area (Å²) in [6.07, 6.45) is 1.29. The van der Waals surface area contributed by atoms with Crippen molar-refractivity contribution in [1.82, 2.24) is 20.2 Å². The van der Waals surface area contributed by atoms with E-state index in [2.05, 4.69) is 36.2 Å². The van der Waals surface area contributed by atoms with Gasteiger partial charge in [0.25, 0.3) is 11.8 Å². The monoisotopic (exact) mass is 516 g/mol. The van der Waals surface area contributed by atoms with Crippen LogP contribution >= 0.6 is 27.5 Å². The number of aliphatic carboxylic acids is 1. The first-order valence-corrected chi connectivity index (χ1v) is 10.7. The first-order chi connectivity index (χ1) is 15.2. The van der Waals surface area contributed by atoms with Crippen LogP contribution in [-0.4, -0.2) is 37.6 Å². The molecule has 0 unspecified atom stereocenters. The van der Waals surface area contributed by atoms with Crippen molar-refractivity contribution in [1.29, 1.82) is 0 Å². The summed E-state index contributed by atoms with van der Waals surface area (Å²) in [4.78, 5) is 37.1. The van der Waals surface area contributed by atoms with Crippen LogP contribution in [-0.2, 0) is 11.3 Å². The summed E-state index contributed by atoms with van der Waals surface area (Å²) >= 11 is 4.27.